The lowest BCUT2D eigenvalue weighted by molar-refractivity contribution is -0.0285. The highest BCUT2D eigenvalue weighted by Gasteiger charge is 2.13. The van der Waals surface area contributed by atoms with Gasteiger partial charge in [0, 0.05) is 6.61 Å². The van der Waals surface area contributed by atoms with Crippen LogP contribution in [0.25, 0.3) is 0 Å². The second kappa shape index (κ2) is 42.1. The fourth-order valence-corrected chi connectivity index (χ4v) is 4.61. The Morgan fingerprint density at radius 3 is 0.694 bits per heavy atom. The molecule has 0 N–H and O–H groups in total. The van der Waals surface area contributed by atoms with Crippen molar-refractivity contribution in [1.82, 2.24) is 0 Å². The van der Waals surface area contributed by atoms with Crippen molar-refractivity contribution < 1.29 is 61.3 Å². The average molecular weight is 731 g/mol. The highest BCUT2D eigenvalue weighted by atomic mass is 28.4. The van der Waals surface area contributed by atoms with E-state index in [1.54, 1.807) is 0 Å². The number of ether oxygens (including phenoxy) is 12. The van der Waals surface area contributed by atoms with E-state index in [9.17, 15) is 0 Å². The zero-order valence-electron chi connectivity index (χ0n) is 31.7. The molecule has 0 aliphatic heterocycles. The summed E-state index contributed by atoms with van der Waals surface area (Å²) in [5.74, 6) is 0. The van der Waals surface area contributed by atoms with Crippen molar-refractivity contribution >= 4 is 8.32 Å². The molecule has 0 radical (unpaired) electrons. The maximum Gasteiger partial charge on any atom is 0.183 e. The van der Waals surface area contributed by atoms with Crippen LogP contribution in [-0.4, -0.2) is 173 Å². The molecule has 0 fully saturated rings. The van der Waals surface area contributed by atoms with Crippen LogP contribution in [0.4, 0.5) is 0 Å². The lowest BCUT2D eigenvalue weighted by Crippen LogP contribution is -2.27. The summed E-state index contributed by atoms with van der Waals surface area (Å²) >= 11 is 0. The predicted molar refractivity (Wildman–Crippen MR) is 193 cm³/mol. The summed E-state index contributed by atoms with van der Waals surface area (Å²) in [5, 5.41) is 0. The molecule has 0 heterocycles. The molecule has 0 atom stereocenters. The van der Waals surface area contributed by atoms with E-state index >= 15 is 0 Å². The average Bonchev–Trinajstić information content (AvgIpc) is 3.08. The number of rotatable bonds is 44. The smallest absolute Gasteiger partial charge is 0.183 e. The maximum absolute atomic E-state index is 5.72. The lowest BCUT2D eigenvalue weighted by atomic mass is 10.1. The van der Waals surface area contributed by atoms with Crippen molar-refractivity contribution in [3.8, 4) is 0 Å². The van der Waals surface area contributed by atoms with Gasteiger partial charge in [0.15, 0.2) is 8.32 Å². The molecule has 296 valence electrons. The monoisotopic (exact) mass is 730 g/mol. The van der Waals surface area contributed by atoms with Gasteiger partial charge in [0.1, 0.15) is 0 Å². The minimum Gasteiger partial charge on any atom is -0.415 e. The van der Waals surface area contributed by atoms with Crippen LogP contribution in [-0.2, 0) is 61.3 Å². The fraction of sp³-hybridized carbons (Fsp3) is 1.00. The Hall–Kier alpha value is -0.303. The first kappa shape index (κ1) is 48.7. The highest BCUT2D eigenvalue weighted by Crippen LogP contribution is 2.05. The van der Waals surface area contributed by atoms with Crippen LogP contribution in [0.5, 0.6) is 0 Å². The zero-order valence-corrected chi connectivity index (χ0v) is 32.7. The highest BCUT2D eigenvalue weighted by molar-refractivity contribution is 6.69. The van der Waals surface area contributed by atoms with Crippen molar-refractivity contribution in [3.63, 3.8) is 0 Å². The Labute approximate surface area is 299 Å². The first-order valence-electron chi connectivity index (χ1n) is 18.6. The van der Waals surface area contributed by atoms with Crippen LogP contribution in [0, 0.1) is 0 Å². The Morgan fingerprint density at radius 1 is 0.245 bits per heavy atom. The van der Waals surface area contributed by atoms with E-state index in [0.29, 0.717) is 159 Å². The SMILES string of the molecule is CCCCCCCCOCCOCCOCCOCCOCCOCCOCCOCCOCCOCCOCCOCCO[Si](C)(C)C. The summed E-state index contributed by atoms with van der Waals surface area (Å²) in [6.07, 6.45) is 7.68. The molecule has 49 heavy (non-hydrogen) atoms. The maximum atomic E-state index is 5.72. The molecular weight excluding hydrogens is 656 g/mol. The van der Waals surface area contributed by atoms with E-state index < -0.39 is 8.32 Å². The van der Waals surface area contributed by atoms with Gasteiger partial charge in [0.05, 0.1) is 159 Å². The molecule has 0 saturated heterocycles. The molecule has 0 aromatic carbocycles. The third-order valence-electron chi connectivity index (χ3n) is 6.50. The first-order valence-corrected chi connectivity index (χ1v) is 22.0. The van der Waals surface area contributed by atoms with Crippen molar-refractivity contribution in [2.24, 2.45) is 0 Å². The van der Waals surface area contributed by atoms with Gasteiger partial charge in [-0.2, -0.15) is 0 Å². The molecule has 0 rings (SSSR count). The molecule has 0 aliphatic carbocycles. The van der Waals surface area contributed by atoms with Crippen LogP contribution in [0.2, 0.25) is 19.6 Å². The molecule has 0 amide bonds. The summed E-state index contributed by atoms with van der Waals surface area (Å²) in [7, 11) is -1.45. The predicted octanol–water partition coefficient (Wildman–Crippen LogP) is 4.40. The Kier molecular flexibility index (Phi) is 41.9. The molecule has 0 spiro atoms. The van der Waals surface area contributed by atoms with Gasteiger partial charge in [0.2, 0.25) is 0 Å². The van der Waals surface area contributed by atoms with Crippen molar-refractivity contribution in [1.29, 1.82) is 0 Å². The first-order chi connectivity index (χ1) is 24.1. The minimum absolute atomic E-state index is 0.517. The van der Waals surface area contributed by atoms with E-state index in [2.05, 4.69) is 26.6 Å². The fourth-order valence-electron chi connectivity index (χ4n) is 3.91. The molecule has 14 heteroatoms. The molecule has 0 aliphatic rings. The summed E-state index contributed by atoms with van der Waals surface area (Å²) < 4.78 is 71.7. The van der Waals surface area contributed by atoms with Gasteiger partial charge < -0.3 is 61.3 Å². The van der Waals surface area contributed by atoms with Crippen LogP contribution >= 0.6 is 0 Å². The third-order valence-corrected chi connectivity index (χ3v) is 7.57. The van der Waals surface area contributed by atoms with Crippen LogP contribution in [0.1, 0.15) is 45.4 Å². The van der Waals surface area contributed by atoms with Gasteiger partial charge in [-0.1, -0.05) is 39.0 Å². The van der Waals surface area contributed by atoms with Crippen LogP contribution in [0.3, 0.4) is 0 Å². The third kappa shape index (κ3) is 47.7. The zero-order chi connectivity index (χ0) is 35.6. The second-order valence-electron chi connectivity index (χ2n) is 12.1. The topological polar surface area (TPSA) is 120 Å². The van der Waals surface area contributed by atoms with E-state index in [0.717, 1.165) is 13.0 Å². The Morgan fingerprint density at radius 2 is 0.449 bits per heavy atom. The van der Waals surface area contributed by atoms with Gasteiger partial charge in [-0.05, 0) is 26.1 Å². The number of unbranched alkanes of at least 4 members (excludes halogenated alkanes) is 5. The van der Waals surface area contributed by atoms with Crippen molar-refractivity contribution in [2.45, 2.75) is 65.1 Å². The lowest BCUT2D eigenvalue weighted by Gasteiger charge is -2.16. The van der Waals surface area contributed by atoms with Crippen LogP contribution < -0.4 is 0 Å². The van der Waals surface area contributed by atoms with Gasteiger partial charge in [-0.3, -0.25) is 0 Å². The largest absolute Gasteiger partial charge is 0.415 e. The molecule has 0 aromatic heterocycles. The van der Waals surface area contributed by atoms with Gasteiger partial charge in [-0.15, -0.1) is 0 Å². The van der Waals surface area contributed by atoms with Crippen molar-refractivity contribution in [2.75, 3.05) is 165 Å². The molecule has 0 bridgehead atoms. The molecular formula is C35H74O13Si. The molecule has 0 aromatic rings. The summed E-state index contributed by atoms with van der Waals surface area (Å²) in [6, 6.07) is 0. The Bertz CT molecular complexity index is 602. The van der Waals surface area contributed by atoms with E-state index in [-0.39, 0.29) is 0 Å². The summed E-state index contributed by atoms with van der Waals surface area (Å²) in [4.78, 5) is 0. The van der Waals surface area contributed by atoms with E-state index in [1.807, 2.05) is 0 Å². The van der Waals surface area contributed by atoms with Crippen molar-refractivity contribution in [3.05, 3.63) is 0 Å². The summed E-state index contributed by atoms with van der Waals surface area (Å²) in [5.41, 5.74) is 0. The van der Waals surface area contributed by atoms with Crippen LogP contribution in [0.15, 0.2) is 0 Å². The normalized spacial score (nSPS) is 12.0. The minimum atomic E-state index is -1.45. The molecule has 0 saturated carbocycles. The Balaban J connectivity index is 3.06. The van der Waals surface area contributed by atoms with Gasteiger partial charge >= 0.3 is 0 Å². The quantitative estimate of drug-likeness (QED) is 0.0652. The standard InChI is InChI=1S/C35H74O13Si/c1-5-6-7-8-9-10-11-36-12-13-37-14-15-38-16-17-39-18-19-40-20-21-41-22-23-42-24-25-43-26-27-44-28-29-45-30-31-46-32-33-47-34-35-48-49(2,3)4/h5-35H2,1-4H3. The van der Waals surface area contributed by atoms with E-state index in [1.165, 1.54) is 32.1 Å². The molecule has 13 nitrogen and oxygen atoms in total. The van der Waals surface area contributed by atoms with Gasteiger partial charge in [-0.25, -0.2) is 0 Å². The summed E-state index contributed by atoms with van der Waals surface area (Å²) in [6.45, 7) is 22.7. The van der Waals surface area contributed by atoms with E-state index in [4.69, 9.17) is 61.3 Å². The van der Waals surface area contributed by atoms with Gasteiger partial charge in [0.25, 0.3) is 0 Å². The number of hydrogen-bond acceptors (Lipinski definition) is 13. The second-order valence-corrected chi connectivity index (χ2v) is 16.6. The molecule has 0 unspecified atom stereocenters. The number of hydrogen-bond donors (Lipinski definition) is 0.